The van der Waals surface area contributed by atoms with Gasteiger partial charge in [0, 0.05) is 25.8 Å². The number of carbonyl (C=O) groups is 1. The summed E-state index contributed by atoms with van der Waals surface area (Å²) in [6, 6.07) is 1.78. The highest BCUT2D eigenvalue weighted by molar-refractivity contribution is 5.92. The summed E-state index contributed by atoms with van der Waals surface area (Å²) in [6.45, 7) is 3.05. The first-order chi connectivity index (χ1) is 7.58. The second-order valence-electron chi connectivity index (χ2n) is 4.34. The molecule has 2 heterocycles. The van der Waals surface area contributed by atoms with E-state index < -0.39 is 0 Å². The van der Waals surface area contributed by atoms with E-state index in [-0.39, 0.29) is 12.0 Å². The predicted molar refractivity (Wildman–Crippen MR) is 59.1 cm³/mol. The van der Waals surface area contributed by atoms with Crippen molar-refractivity contribution in [1.82, 2.24) is 14.7 Å². The van der Waals surface area contributed by atoms with Gasteiger partial charge in [-0.15, -0.1) is 0 Å². The van der Waals surface area contributed by atoms with Crippen molar-refractivity contribution in [3.63, 3.8) is 0 Å². The lowest BCUT2D eigenvalue weighted by Crippen LogP contribution is -2.42. The second-order valence-corrected chi connectivity index (χ2v) is 4.34. The predicted octanol–water partition coefficient (Wildman–Crippen LogP) is 0.325. The van der Waals surface area contributed by atoms with Crippen LogP contribution in [0.25, 0.3) is 0 Å². The van der Waals surface area contributed by atoms with Gasteiger partial charge in [0.15, 0.2) is 5.69 Å². The van der Waals surface area contributed by atoms with Crippen molar-refractivity contribution in [2.24, 2.45) is 7.05 Å². The molecule has 0 unspecified atom stereocenters. The molecule has 1 saturated heterocycles. The number of hydrogen-bond donors (Lipinski definition) is 1. The van der Waals surface area contributed by atoms with Crippen molar-refractivity contribution in [3.8, 4) is 0 Å². The average molecular weight is 223 g/mol. The van der Waals surface area contributed by atoms with Crippen molar-refractivity contribution in [3.05, 3.63) is 17.5 Å². The number of likely N-dealkylation sites (tertiary alicyclic amines) is 1. The average Bonchev–Trinajstić information content (AvgIpc) is 2.58. The maximum Gasteiger partial charge on any atom is 0.274 e. The Morgan fingerprint density at radius 1 is 1.62 bits per heavy atom. The van der Waals surface area contributed by atoms with Gasteiger partial charge >= 0.3 is 0 Å². The molecule has 1 atom stereocenters. The summed E-state index contributed by atoms with van der Waals surface area (Å²) in [5.74, 6) is -0.0811. The van der Waals surface area contributed by atoms with Gasteiger partial charge in [0.2, 0.25) is 0 Å². The van der Waals surface area contributed by atoms with Crippen molar-refractivity contribution >= 4 is 5.91 Å². The first-order valence-corrected chi connectivity index (χ1v) is 5.56. The Morgan fingerprint density at radius 3 is 2.94 bits per heavy atom. The van der Waals surface area contributed by atoms with E-state index in [4.69, 9.17) is 0 Å². The van der Waals surface area contributed by atoms with Gasteiger partial charge < -0.3 is 10.0 Å². The molecule has 0 bridgehead atoms. The number of carbonyl (C=O) groups excluding carboxylic acids is 1. The molecule has 1 aromatic heterocycles. The largest absolute Gasteiger partial charge is 0.391 e. The minimum atomic E-state index is -0.387. The number of piperidine rings is 1. The number of aryl methyl sites for hydroxylation is 2. The van der Waals surface area contributed by atoms with E-state index in [0.29, 0.717) is 18.8 Å². The van der Waals surface area contributed by atoms with E-state index >= 15 is 0 Å². The molecule has 88 valence electrons. The molecule has 2 rings (SSSR count). The van der Waals surface area contributed by atoms with Crippen molar-refractivity contribution in [2.45, 2.75) is 25.9 Å². The van der Waals surface area contributed by atoms with Crippen molar-refractivity contribution in [2.75, 3.05) is 13.1 Å². The molecule has 16 heavy (non-hydrogen) atoms. The van der Waals surface area contributed by atoms with Gasteiger partial charge in [0.1, 0.15) is 0 Å². The smallest absolute Gasteiger partial charge is 0.274 e. The van der Waals surface area contributed by atoms with Crippen LogP contribution in [0.5, 0.6) is 0 Å². The first kappa shape index (κ1) is 11.1. The number of aliphatic hydroxyl groups excluding tert-OH is 1. The highest BCUT2D eigenvalue weighted by Crippen LogP contribution is 2.13. The molecule has 1 aliphatic rings. The van der Waals surface area contributed by atoms with Crippen LogP contribution in [0, 0.1) is 6.92 Å². The zero-order valence-corrected chi connectivity index (χ0v) is 9.68. The summed E-state index contributed by atoms with van der Waals surface area (Å²) in [4.78, 5) is 13.7. The minimum Gasteiger partial charge on any atom is -0.391 e. The number of β-amino-alcohol motifs (C(OH)–C–C–N with tert-alkyl or cyclic N) is 1. The van der Waals surface area contributed by atoms with Gasteiger partial charge in [-0.25, -0.2) is 0 Å². The van der Waals surface area contributed by atoms with Gasteiger partial charge in [0.25, 0.3) is 5.91 Å². The molecular weight excluding hydrogens is 206 g/mol. The Morgan fingerprint density at radius 2 is 2.38 bits per heavy atom. The molecule has 0 aliphatic carbocycles. The lowest BCUT2D eigenvalue weighted by atomic mass is 10.1. The number of amides is 1. The lowest BCUT2D eigenvalue weighted by Gasteiger charge is -2.29. The molecule has 0 spiro atoms. The van der Waals surface area contributed by atoms with Gasteiger partial charge in [-0.05, 0) is 25.8 Å². The Balaban J connectivity index is 2.12. The van der Waals surface area contributed by atoms with Gasteiger partial charge in [-0.3, -0.25) is 9.48 Å². The summed E-state index contributed by atoms with van der Waals surface area (Å²) in [5.41, 5.74) is 1.43. The number of aromatic nitrogens is 2. The molecule has 1 aromatic rings. The molecule has 1 aliphatic heterocycles. The summed E-state index contributed by atoms with van der Waals surface area (Å²) in [6.07, 6.45) is 1.26. The molecule has 5 nitrogen and oxygen atoms in total. The van der Waals surface area contributed by atoms with E-state index in [9.17, 15) is 9.90 Å². The number of hydrogen-bond acceptors (Lipinski definition) is 3. The maximum absolute atomic E-state index is 12.0. The highest BCUT2D eigenvalue weighted by Gasteiger charge is 2.24. The van der Waals surface area contributed by atoms with Crippen LogP contribution in [0.4, 0.5) is 0 Å². The van der Waals surface area contributed by atoms with Crippen LogP contribution in [-0.4, -0.2) is 44.9 Å². The molecule has 0 radical (unpaired) electrons. The number of aliphatic hydroxyl groups is 1. The van der Waals surface area contributed by atoms with Crippen LogP contribution in [0.2, 0.25) is 0 Å². The van der Waals surface area contributed by atoms with Crippen molar-refractivity contribution in [1.29, 1.82) is 0 Å². The third-order valence-corrected chi connectivity index (χ3v) is 3.02. The third-order valence-electron chi connectivity index (χ3n) is 3.02. The fraction of sp³-hybridized carbons (Fsp3) is 0.636. The zero-order valence-electron chi connectivity index (χ0n) is 9.68. The summed E-state index contributed by atoms with van der Waals surface area (Å²) >= 11 is 0. The minimum absolute atomic E-state index is 0.0811. The molecule has 0 saturated carbocycles. The number of nitrogens with zero attached hydrogens (tertiary/aromatic N) is 3. The standard InChI is InChI=1S/C11H17N3O2/c1-8-6-10(12-13(8)2)11(16)14-5-3-4-9(15)7-14/h6,9,15H,3-5,7H2,1-2H3/t9-/m1/s1. The van der Waals surface area contributed by atoms with E-state index in [2.05, 4.69) is 5.10 Å². The molecule has 5 heteroatoms. The molecule has 1 amide bonds. The van der Waals surface area contributed by atoms with Crippen LogP contribution in [0.3, 0.4) is 0 Å². The summed E-state index contributed by atoms with van der Waals surface area (Å²) < 4.78 is 1.69. The van der Waals surface area contributed by atoms with Crippen LogP contribution in [0.15, 0.2) is 6.07 Å². The lowest BCUT2D eigenvalue weighted by molar-refractivity contribution is 0.0468. The van der Waals surface area contributed by atoms with Gasteiger partial charge in [-0.1, -0.05) is 0 Å². The Kier molecular flexibility index (Phi) is 2.96. The SMILES string of the molecule is Cc1cc(C(=O)N2CCC[C@@H](O)C2)nn1C. The van der Waals surface area contributed by atoms with E-state index in [0.717, 1.165) is 18.5 Å². The van der Waals surface area contributed by atoms with Gasteiger partial charge in [0.05, 0.1) is 6.10 Å². The zero-order chi connectivity index (χ0) is 11.7. The van der Waals surface area contributed by atoms with Gasteiger partial charge in [-0.2, -0.15) is 5.10 Å². The highest BCUT2D eigenvalue weighted by atomic mass is 16.3. The quantitative estimate of drug-likeness (QED) is 0.746. The Bertz CT molecular complexity index is 380. The molecular formula is C11H17N3O2. The fourth-order valence-electron chi connectivity index (χ4n) is 1.97. The summed E-state index contributed by atoms with van der Waals surface area (Å²) in [7, 11) is 1.82. The van der Waals surface area contributed by atoms with E-state index in [1.165, 1.54) is 0 Å². The maximum atomic E-state index is 12.0. The molecule has 0 aromatic carbocycles. The number of rotatable bonds is 1. The third kappa shape index (κ3) is 2.09. The van der Waals surface area contributed by atoms with Crippen molar-refractivity contribution < 1.29 is 9.90 Å². The van der Waals surface area contributed by atoms with E-state index in [1.54, 1.807) is 15.6 Å². The molecule has 1 N–H and O–H groups in total. The monoisotopic (exact) mass is 223 g/mol. The van der Waals surface area contributed by atoms with Crippen LogP contribution in [0.1, 0.15) is 29.0 Å². The fourth-order valence-corrected chi connectivity index (χ4v) is 1.97. The first-order valence-electron chi connectivity index (χ1n) is 5.56. The van der Waals surface area contributed by atoms with Crippen LogP contribution < -0.4 is 0 Å². The van der Waals surface area contributed by atoms with E-state index in [1.807, 2.05) is 14.0 Å². The normalized spacial score (nSPS) is 21.2. The topological polar surface area (TPSA) is 58.4 Å². The Hall–Kier alpha value is -1.36. The van der Waals surface area contributed by atoms with Crippen LogP contribution >= 0.6 is 0 Å². The summed E-state index contributed by atoms with van der Waals surface area (Å²) in [5, 5.41) is 13.7. The van der Waals surface area contributed by atoms with Crippen LogP contribution in [-0.2, 0) is 7.05 Å². The second kappa shape index (κ2) is 4.25. The Labute approximate surface area is 94.7 Å². The molecule has 1 fully saturated rings.